The minimum absolute atomic E-state index is 0.666. The number of thiophene rings is 1. The maximum Gasteiger partial charge on any atom is 0.123 e. The highest BCUT2D eigenvalue weighted by molar-refractivity contribution is 7.07. The van der Waals surface area contributed by atoms with Crippen molar-refractivity contribution in [3.8, 4) is 11.8 Å². The molecule has 0 atom stereocenters. The molecular weight excluding hydrogens is 256 g/mol. The molecule has 0 spiro atoms. The molecule has 2 aromatic rings. The van der Waals surface area contributed by atoms with Gasteiger partial charge in [-0.2, -0.15) is 16.6 Å². The molecule has 0 N–H and O–H groups in total. The van der Waals surface area contributed by atoms with Gasteiger partial charge in [-0.1, -0.05) is 0 Å². The van der Waals surface area contributed by atoms with E-state index >= 15 is 0 Å². The summed E-state index contributed by atoms with van der Waals surface area (Å²) in [6.45, 7) is 1.65. The first-order valence-corrected chi connectivity index (χ1v) is 6.94. The highest BCUT2D eigenvalue weighted by Gasteiger charge is 2.08. The molecule has 19 heavy (non-hydrogen) atoms. The molecule has 1 aromatic carbocycles. The Kier molecular flexibility index (Phi) is 4.56. The van der Waals surface area contributed by atoms with Crippen LogP contribution in [-0.4, -0.2) is 19.1 Å². The Labute approximate surface area is 117 Å². The number of hydrogen-bond donors (Lipinski definition) is 0. The van der Waals surface area contributed by atoms with E-state index in [1.165, 1.54) is 5.56 Å². The third-order valence-electron chi connectivity index (χ3n) is 2.88. The lowest BCUT2D eigenvalue weighted by atomic mass is 10.1. The molecule has 0 aliphatic carbocycles. The van der Waals surface area contributed by atoms with Gasteiger partial charge < -0.3 is 4.74 Å². The molecule has 0 unspecified atom stereocenters. The molecule has 3 nitrogen and oxygen atoms in total. The largest absolute Gasteiger partial charge is 0.496 e. The predicted molar refractivity (Wildman–Crippen MR) is 77.2 cm³/mol. The summed E-state index contributed by atoms with van der Waals surface area (Å²) in [7, 11) is 3.72. The van der Waals surface area contributed by atoms with Crippen LogP contribution < -0.4 is 4.74 Å². The number of nitriles is 1. The van der Waals surface area contributed by atoms with Gasteiger partial charge in [-0.05, 0) is 47.6 Å². The first-order valence-electron chi connectivity index (χ1n) is 5.99. The van der Waals surface area contributed by atoms with E-state index in [1.54, 1.807) is 24.5 Å². The van der Waals surface area contributed by atoms with Crippen molar-refractivity contribution in [2.24, 2.45) is 0 Å². The van der Waals surface area contributed by atoms with Gasteiger partial charge in [0.15, 0.2) is 0 Å². The average Bonchev–Trinajstić information content (AvgIpc) is 2.91. The van der Waals surface area contributed by atoms with Gasteiger partial charge in [0.1, 0.15) is 5.75 Å². The lowest BCUT2D eigenvalue weighted by Crippen LogP contribution is -2.17. The summed E-state index contributed by atoms with van der Waals surface area (Å²) in [6.07, 6.45) is 0. The molecular formula is C15H16N2OS. The van der Waals surface area contributed by atoms with Crippen molar-refractivity contribution in [2.75, 3.05) is 14.2 Å². The number of ether oxygens (including phenoxy) is 1. The van der Waals surface area contributed by atoms with E-state index in [2.05, 4.69) is 34.8 Å². The summed E-state index contributed by atoms with van der Waals surface area (Å²) < 4.78 is 5.35. The molecule has 2 rings (SSSR count). The first-order chi connectivity index (χ1) is 9.22. The molecule has 4 heteroatoms. The third kappa shape index (κ3) is 3.57. The molecule has 0 bridgehead atoms. The summed E-state index contributed by atoms with van der Waals surface area (Å²) in [4.78, 5) is 2.21. The highest BCUT2D eigenvalue weighted by Crippen LogP contribution is 2.22. The van der Waals surface area contributed by atoms with E-state index < -0.39 is 0 Å². The molecule has 0 aliphatic heterocycles. The zero-order chi connectivity index (χ0) is 13.7. The van der Waals surface area contributed by atoms with E-state index in [-0.39, 0.29) is 0 Å². The van der Waals surface area contributed by atoms with Gasteiger partial charge in [-0.15, -0.1) is 0 Å². The van der Waals surface area contributed by atoms with Gasteiger partial charge in [0.05, 0.1) is 18.7 Å². The maximum atomic E-state index is 8.96. The van der Waals surface area contributed by atoms with Crippen LogP contribution in [0.5, 0.6) is 5.75 Å². The topological polar surface area (TPSA) is 36.3 Å². The molecule has 0 aliphatic rings. The minimum atomic E-state index is 0.666. The van der Waals surface area contributed by atoms with Crippen LogP contribution in [0.1, 0.15) is 16.7 Å². The normalized spacial score (nSPS) is 10.4. The second kappa shape index (κ2) is 6.37. The zero-order valence-corrected chi connectivity index (χ0v) is 11.9. The Bertz CT molecular complexity index is 572. The summed E-state index contributed by atoms with van der Waals surface area (Å²) in [6, 6.07) is 9.82. The molecule has 98 valence electrons. The SMILES string of the molecule is COc1ccc(C#N)cc1CN(C)Cc1ccsc1. The Balaban J connectivity index is 2.11. The number of rotatable bonds is 5. The molecule has 1 heterocycles. The Morgan fingerprint density at radius 2 is 2.16 bits per heavy atom. The third-order valence-corrected chi connectivity index (χ3v) is 3.61. The maximum absolute atomic E-state index is 8.96. The van der Waals surface area contributed by atoms with E-state index in [0.717, 1.165) is 24.4 Å². The summed E-state index contributed by atoms with van der Waals surface area (Å²) in [5.41, 5.74) is 3.02. The van der Waals surface area contributed by atoms with Crippen LogP contribution in [0.3, 0.4) is 0 Å². The summed E-state index contributed by atoms with van der Waals surface area (Å²) in [5, 5.41) is 13.2. The van der Waals surface area contributed by atoms with Crippen LogP contribution in [0.4, 0.5) is 0 Å². The van der Waals surface area contributed by atoms with Crippen LogP contribution in [-0.2, 0) is 13.1 Å². The van der Waals surface area contributed by atoms with E-state index in [0.29, 0.717) is 5.56 Å². The highest BCUT2D eigenvalue weighted by atomic mass is 32.1. The molecule has 0 saturated heterocycles. The van der Waals surface area contributed by atoms with Crippen molar-refractivity contribution in [1.29, 1.82) is 5.26 Å². The summed E-state index contributed by atoms with van der Waals surface area (Å²) >= 11 is 1.71. The van der Waals surface area contributed by atoms with Crippen molar-refractivity contribution < 1.29 is 4.74 Å². The van der Waals surface area contributed by atoms with Crippen molar-refractivity contribution in [2.45, 2.75) is 13.1 Å². The number of benzene rings is 1. The minimum Gasteiger partial charge on any atom is -0.496 e. The van der Waals surface area contributed by atoms with Crippen LogP contribution in [0.15, 0.2) is 35.0 Å². The standard InChI is InChI=1S/C15H16N2OS/c1-17(9-13-5-6-19-11-13)10-14-7-12(8-16)3-4-15(14)18-2/h3-7,11H,9-10H2,1-2H3. The van der Waals surface area contributed by atoms with Crippen LogP contribution >= 0.6 is 11.3 Å². The van der Waals surface area contributed by atoms with E-state index in [1.807, 2.05) is 12.1 Å². The number of methoxy groups -OCH3 is 1. The monoisotopic (exact) mass is 272 g/mol. The van der Waals surface area contributed by atoms with Gasteiger partial charge >= 0.3 is 0 Å². The van der Waals surface area contributed by atoms with Gasteiger partial charge in [0.2, 0.25) is 0 Å². The molecule has 0 amide bonds. The average molecular weight is 272 g/mol. The second-order valence-corrected chi connectivity index (χ2v) is 5.22. The lowest BCUT2D eigenvalue weighted by molar-refractivity contribution is 0.310. The van der Waals surface area contributed by atoms with Crippen molar-refractivity contribution in [1.82, 2.24) is 4.90 Å². The van der Waals surface area contributed by atoms with Gasteiger partial charge in [0.25, 0.3) is 0 Å². The summed E-state index contributed by atoms with van der Waals surface area (Å²) in [5.74, 6) is 0.830. The smallest absolute Gasteiger partial charge is 0.123 e. The molecule has 1 aromatic heterocycles. The van der Waals surface area contributed by atoms with Gasteiger partial charge in [0, 0.05) is 18.7 Å². The lowest BCUT2D eigenvalue weighted by Gasteiger charge is -2.18. The van der Waals surface area contributed by atoms with Gasteiger partial charge in [-0.25, -0.2) is 0 Å². The van der Waals surface area contributed by atoms with Crippen molar-refractivity contribution in [3.05, 3.63) is 51.7 Å². The second-order valence-electron chi connectivity index (χ2n) is 4.44. The van der Waals surface area contributed by atoms with E-state index in [4.69, 9.17) is 10.00 Å². The first kappa shape index (κ1) is 13.6. The Morgan fingerprint density at radius 1 is 1.32 bits per heavy atom. The van der Waals surface area contributed by atoms with Gasteiger partial charge in [-0.3, -0.25) is 4.90 Å². The molecule has 0 saturated carbocycles. The quantitative estimate of drug-likeness (QED) is 0.838. The fraction of sp³-hybridized carbons (Fsp3) is 0.267. The fourth-order valence-electron chi connectivity index (χ4n) is 2.01. The molecule has 0 radical (unpaired) electrons. The van der Waals surface area contributed by atoms with Crippen LogP contribution in [0.2, 0.25) is 0 Å². The zero-order valence-electron chi connectivity index (χ0n) is 11.1. The Hall–Kier alpha value is -1.83. The van der Waals surface area contributed by atoms with Crippen molar-refractivity contribution >= 4 is 11.3 Å². The Morgan fingerprint density at radius 3 is 2.79 bits per heavy atom. The molecule has 0 fully saturated rings. The van der Waals surface area contributed by atoms with Crippen molar-refractivity contribution in [3.63, 3.8) is 0 Å². The van der Waals surface area contributed by atoms with Crippen LogP contribution in [0.25, 0.3) is 0 Å². The number of hydrogen-bond acceptors (Lipinski definition) is 4. The predicted octanol–water partition coefficient (Wildman–Crippen LogP) is 3.26. The van der Waals surface area contributed by atoms with Crippen LogP contribution in [0, 0.1) is 11.3 Å². The number of nitrogens with zero attached hydrogens (tertiary/aromatic N) is 2. The fourth-order valence-corrected chi connectivity index (χ4v) is 2.67. The van der Waals surface area contributed by atoms with E-state index in [9.17, 15) is 0 Å².